The van der Waals surface area contributed by atoms with E-state index in [-0.39, 0.29) is 38.0 Å². The van der Waals surface area contributed by atoms with Crippen molar-refractivity contribution in [1.29, 1.82) is 0 Å². The molecule has 7 nitrogen and oxygen atoms in total. The summed E-state index contributed by atoms with van der Waals surface area (Å²) in [6.07, 6.45) is 2.35. The van der Waals surface area contributed by atoms with Crippen molar-refractivity contribution >= 4 is 27.5 Å². The highest BCUT2D eigenvalue weighted by atomic mass is 32.2. The molecule has 2 heterocycles. The van der Waals surface area contributed by atoms with Crippen molar-refractivity contribution in [3.63, 3.8) is 0 Å². The van der Waals surface area contributed by atoms with Gasteiger partial charge < -0.3 is 9.80 Å². The van der Waals surface area contributed by atoms with Crippen molar-refractivity contribution in [2.75, 3.05) is 37.6 Å². The van der Waals surface area contributed by atoms with Crippen LogP contribution in [0.15, 0.2) is 47.4 Å². The molecule has 2 amide bonds. The second kappa shape index (κ2) is 8.95. The molecule has 0 aliphatic carbocycles. The zero-order valence-electron chi connectivity index (χ0n) is 17.3. The van der Waals surface area contributed by atoms with Gasteiger partial charge in [-0.2, -0.15) is 4.31 Å². The van der Waals surface area contributed by atoms with Gasteiger partial charge in [0.05, 0.1) is 0 Å². The predicted molar refractivity (Wildman–Crippen MR) is 114 cm³/mol. The van der Waals surface area contributed by atoms with E-state index in [0.29, 0.717) is 24.6 Å². The van der Waals surface area contributed by atoms with Crippen molar-refractivity contribution in [2.24, 2.45) is 0 Å². The molecule has 4 rings (SSSR count). The molecule has 0 atom stereocenters. The average Bonchev–Trinajstić information content (AvgIpc) is 2.80. The van der Waals surface area contributed by atoms with E-state index < -0.39 is 26.6 Å². The quantitative estimate of drug-likeness (QED) is 0.699. The Morgan fingerprint density at radius 3 is 2.22 bits per heavy atom. The Kier molecular flexibility index (Phi) is 6.25. The summed E-state index contributed by atoms with van der Waals surface area (Å²) in [6.45, 7) is 0.867. The molecule has 0 saturated carbocycles. The zero-order valence-corrected chi connectivity index (χ0v) is 18.2. The fraction of sp³-hybridized carbons (Fsp3) is 0.364. The monoisotopic (exact) mass is 463 g/mol. The number of anilines is 1. The van der Waals surface area contributed by atoms with E-state index in [1.165, 1.54) is 4.90 Å². The second-order valence-corrected chi connectivity index (χ2v) is 9.73. The second-order valence-electron chi connectivity index (χ2n) is 7.82. The molecule has 0 spiro atoms. The van der Waals surface area contributed by atoms with E-state index >= 15 is 0 Å². The predicted octanol–water partition coefficient (Wildman–Crippen LogP) is 2.63. The Labute approximate surface area is 185 Å². The molecule has 170 valence electrons. The number of piperidine rings is 1. The molecular weight excluding hydrogens is 440 g/mol. The number of carbonyl (C=O) groups is 2. The van der Waals surface area contributed by atoms with Gasteiger partial charge in [-0.05, 0) is 55.3 Å². The molecule has 2 fully saturated rings. The fourth-order valence-corrected chi connectivity index (χ4v) is 5.49. The van der Waals surface area contributed by atoms with Gasteiger partial charge in [-0.15, -0.1) is 0 Å². The number of benzene rings is 2. The van der Waals surface area contributed by atoms with Crippen molar-refractivity contribution in [3.05, 3.63) is 59.7 Å². The number of hydrogen-bond donors (Lipinski definition) is 0. The molecule has 0 radical (unpaired) electrons. The van der Waals surface area contributed by atoms with Crippen molar-refractivity contribution in [2.45, 2.75) is 24.2 Å². The maximum atomic E-state index is 14.0. The highest BCUT2D eigenvalue weighted by Gasteiger charge is 2.32. The van der Waals surface area contributed by atoms with E-state index in [1.54, 1.807) is 29.2 Å². The minimum atomic E-state index is -4.21. The van der Waals surface area contributed by atoms with Crippen LogP contribution in [0.25, 0.3) is 0 Å². The summed E-state index contributed by atoms with van der Waals surface area (Å²) in [7, 11) is -4.21. The smallest absolute Gasteiger partial charge is 0.253 e. The first-order valence-electron chi connectivity index (χ1n) is 10.4. The van der Waals surface area contributed by atoms with Crippen molar-refractivity contribution in [3.8, 4) is 0 Å². The number of amides is 2. The van der Waals surface area contributed by atoms with Gasteiger partial charge in [0, 0.05) is 50.4 Å². The van der Waals surface area contributed by atoms with Gasteiger partial charge in [-0.1, -0.05) is 0 Å². The van der Waals surface area contributed by atoms with Crippen LogP contribution >= 0.6 is 0 Å². The van der Waals surface area contributed by atoms with E-state index in [4.69, 9.17) is 0 Å². The molecule has 0 bridgehead atoms. The zero-order chi connectivity index (χ0) is 22.9. The number of carbonyl (C=O) groups excluding carboxylic acids is 2. The van der Waals surface area contributed by atoms with E-state index in [0.717, 1.165) is 35.0 Å². The number of sulfonamides is 1. The van der Waals surface area contributed by atoms with Crippen LogP contribution in [0, 0.1) is 11.6 Å². The Hall–Kier alpha value is -2.85. The molecular formula is C22H23F2N3O4S. The molecule has 2 aliphatic heterocycles. The third kappa shape index (κ3) is 4.37. The Morgan fingerprint density at radius 2 is 1.56 bits per heavy atom. The third-order valence-corrected chi connectivity index (χ3v) is 7.70. The van der Waals surface area contributed by atoms with Crippen LogP contribution in [0.3, 0.4) is 0 Å². The van der Waals surface area contributed by atoms with Crippen molar-refractivity contribution < 1.29 is 26.8 Å². The Balaban J connectivity index is 1.41. The first kappa shape index (κ1) is 22.3. The number of piperazine rings is 1. The highest BCUT2D eigenvalue weighted by molar-refractivity contribution is 7.89. The summed E-state index contributed by atoms with van der Waals surface area (Å²) >= 11 is 0. The van der Waals surface area contributed by atoms with Gasteiger partial charge in [0.2, 0.25) is 15.9 Å². The summed E-state index contributed by atoms with van der Waals surface area (Å²) in [5.41, 5.74) is 1.19. The summed E-state index contributed by atoms with van der Waals surface area (Å²) in [5.74, 6) is -2.04. The number of halogens is 2. The molecule has 2 aromatic rings. The summed E-state index contributed by atoms with van der Waals surface area (Å²) < 4.78 is 53.9. The van der Waals surface area contributed by atoms with Crippen LogP contribution < -0.4 is 4.90 Å². The molecule has 10 heteroatoms. The standard InChI is InChI=1S/C22H23F2N3O4S/c23-17-6-9-19(24)20(15-17)32(30,31)26-13-11-25(12-14-26)22(29)16-4-7-18(8-5-16)27-10-2-1-3-21(27)28/h4-9,15H,1-3,10-14H2. The molecule has 2 saturated heterocycles. The minimum absolute atomic E-state index is 0.0234. The highest BCUT2D eigenvalue weighted by Crippen LogP contribution is 2.24. The lowest BCUT2D eigenvalue weighted by Gasteiger charge is -2.34. The minimum Gasteiger partial charge on any atom is -0.336 e. The van der Waals surface area contributed by atoms with Crippen molar-refractivity contribution in [1.82, 2.24) is 9.21 Å². The fourth-order valence-electron chi connectivity index (χ4n) is 3.99. The first-order valence-corrected chi connectivity index (χ1v) is 11.9. The third-order valence-electron chi connectivity index (χ3n) is 5.79. The molecule has 32 heavy (non-hydrogen) atoms. The van der Waals surface area contributed by atoms with Crippen LogP contribution in [0.4, 0.5) is 14.5 Å². The molecule has 0 N–H and O–H groups in total. The lowest BCUT2D eigenvalue weighted by atomic mass is 10.1. The van der Waals surface area contributed by atoms with Crippen LogP contribution in [0.1, 0.15) is 29.6 Å². The summed E-state index contributed by atoms with van der Waals surface area (Å²) in [5, 5.41) is 0. The number of nitrogens with zero attached hydrogens (tertiary/aromatic N) is 3. The molecule has 0 aromatic heterocycles. The summed E-state index contributed by atoms with van der Waals surface area (Å²) in [6, 6.07) is 9.10. The van der Waals surface area contributed by atoms with Crippen LogP contribution in [-0.2, 0) is 14.8 Å². The normalized spacial score (nSPS) is 18.1. The topological polar surface area (TPSA) is 78.0 Å². The van der Waals surface area contributed by atoms with Crippen LogP contribution in [0.5, 0.6) is 0 Å². The first-order chi connectivity index (χ1) is 15.3. The largest absolute Gasteiger partial charge is 0.336 e. The van der Waals surface area contributed by atoms with Gasteiger partial charge in [-0.3, -0.25) is 9.59 Å². The maximum absolute atomic E-state index is 14.0. The molecule has 0 unspecified atom stereocenters. The lowest BCUT2D eigenvalue weighted by Crippen LogP contribution is -2.50. The van der Waals surface area contributed by atoms with E-state index in [2.05, 4.69) is 0 Å². The Bertz CT molecular complexity index is 1130. The van der Waals surface area contributed by atoms with E-state index in [9.17, 15) is 26.8 Å². The molecule has 2 aliphatic rings. The maximum Gasteiger partial charge on any atom is 0.253 e. The van der Waals surface area contributed by atoms with Gasteiger partial charge in [0.25, 0.3) is 5.91 Å². The number of rotatable bonds is 4. The van der Waals surface area contributed by atoms with Gasteiger partial charge in [0.1, 0.15) is 16.5 Å². The molecule has 2 aromatic carbocycles. The SMILES string of the molecule is O=C(c1ccc(N2CCCCC2=O)cc1)N1CCN(S(=O)(=O)c2cc(F)ccc2F)CC1. The van der Waals surface area contributed by atoms with Gasteiger partial charge in [0.15, 0.2) is 0 Å². The van der Waals surface area contributed by atoms with Crippen LogP contribution in [0.2, 0.25) is 0 Å². The number of hydrogen-bond acceptors (Lipinski definition) is 4. The van der Waals surface area contributed by atoms with Gasteiger partial charge >= 0.3 is 0 Å². The van der Waals surface area contributed by atoms with Crippen LogP contribution in [-0.4, -0.2) is 62.2 Å². The average molecular weight is 464 g/mol. The Morgan fingerprint density at radius 1 is 0.875 bits per heavy atom. The van der Waals surface area contributed by atoms with Gasteiger partial charge in [-0.25, -0.2) is 17.2 Å². The van der Waals surface area contributed by atoms with E-state index in [1.807, 2.05) is 0 Å². The summed E-state index contributed by atoms with van der Waals surface area (Å²) in [4.78, 5) is 27.4. The lowest BCUT2D eigenvalue weighted by molar-refractivity contribution is -0.119.